The predicted molar refractivity (Wildman–Crippen MR) is 76.5 cm³/mol. The van der Waals surface area contributed by atoms with E-state index in [2.05, 4.69) is 5.48 Å². The van der Waals surface area contributed by atoms with Crippen LogP contribution in [0.15, 0.2) is 41.8 Å². The zero-order chi connectivity index (χ0) is 14.2. The van der Waals surface area contributed by atoms with Gasteiger partial charge in [0.25, 0.3) is 0 Å². The molecule has 0 spiro atoms. The number of ketones is 1. The minimum absolute atomic E-state index is 0.0576. The lowest BCUT2D eigenvalue weighted by Gasteiger charge is -2.26. The lowest BCUT2D eigenvalue weighted by atomic mass is 9.86. The Morgan fingerprint density at radius 1 is 1.40 bits per heavy atom. The van der Waals surface area contributed by atoms with E-state index in [4.69, 9.17) is 4.84 Å². The molecule has 0 radical (unpaired) electrons. The zero-order valence-electron chi connectivity index (χ0n) is 11.0. The second-order valence-electron chi connectivity index (χ2n) is 4.94. The maximum Gasteiger partial charge on any atom is 0.151 e. The molecule has 2 atom stereocenters. The van der Waals surface area contributed by atoms with E-state index in [-0.39, 0.29) is 17.6 Å². The lowest BCUT2D eigenvalue weighted by Crippen LogP contribution is -2.27. The quantitative estimate of drug-likeness (QED) is 0.912. The number of Topliss-reactive ketones (excluding diaryl/α,β-unsaturated/α-hetero) is 1. The van der Waals surface area contributed by atoms with Crippen molar-refractivity contribution in [1.82, 2.24) is 5.48 Å². The summed E-state index contributed by atoms with van der Waals surface area (Å²) in [5.74, 6) is 0.270. The molecule has 0 aliphatic carbocycles. The molecular formula is C15H15NO3S. The smallest absolute Gasteiger partial charge is 0.151 e. The Morgan fingerprint density at radius 2 is 2.15 bits per heavy atom. The van der Waals surface area contributed by atoms with Crippen LogP contribution in [-0.2, 0) is 15.2 Å². The Hall–Kier alpha value is -1.69. The average Bonchev–Trinajstić information content (AvgIpc) is 3.09. The van der Waals surface area contributed by atoms with Gasteiger partial charge in [-0.2, -0.15) is 5.48 Å². The van der Waals surface area contributed by atoms with Crippen molar-refractivity contribution in [2.45, 2.75) is 25.0 Å². The van der Waals surface area contributed by atoms with Gasteiger partial charge in [-0.1, -0.05) is 18.2 Å². The number of rotatable bonds is 3. The van der Waals surface area contributed by atoms with Crippen molar-refractivity contribution in [3.63, 3.8) is 0 Å². The molecule has 4 nitrogen and oxygen atoms in total. The summed E-state index contributed by atoms with van der Waals surface area (Å²) in [4.78, 5) is 18.5. The molecule has 2 aromatic rings. The Bertz CT molecular complexity index is 609. The minimum Gasteiger partial charge on any atom is -0.508 e. The average molecular weight is 289 g/mol. The van der Waals surface area contributed by atoms with E-state index in [9.17, 15) is 9.90 Å². The van der Waals surface area contributed by atoms with Gasteiger partial charge in [0.05, 0.1) is 6.04 Å². The van der Waals surface area contributed by atoms with E-state index in [1.165, 1.54) is 0 Å². The Kier molecular flexibility index (Phi) is 3.33. The molecule has 0 bridgehead atoms. The number of carbonyl (C=O) groups excluding carboxylic acids is 1. The predicted octanol–water partition coefficient (Wildman–Crippen LogP) is 2.58. The summed E-state index contributed by atoms with van der Waals surface area (Å²) >= 11 is 1.59. The molecule has 1 aliphatic rings. The third-order valence-electron chi connectivity index (χ3n) is 3.61. The summed E-state index contributed by atoms with van der Waals surface area (Å²) in [6.07, 6.45) is 0.549. The van der Waals surface area contributed by atoms with Gasteiger partial charge in [0.2, 0.25) is 0 Å². The normalized spacial score (nSPS) is 25.8. The maximum absolute atomic E-state index is 11.6. The number of nitrogens with one attached hydrogen (secondary N) is 1. The van der Waals surface area contributed by atoms with Gasteiger partial charge in [0.1, 0.15) is 11.5 Å². The van der Waals surface area contributed by atoms with Crippen LogP contribution in [0.5, 0.6) is 5.75 Å². The highest BCUT2D eigenvalue weighted by Crippen LogP contribution is 2.43. The van der Waals surface area contributed by atoms with Crippen LogP contribution in [0.3, 0.4) is 0 Å². The Morgan fingerprint density at radius 3 is 2.70 bits per heavy atom. The van der Waals surface area contributed by atoms with E-state index < -0.39 is 5.60 Å². The van der Waals surface area contributed by atoms with Gasteiger partial charge in [-0.3, -0.25) is 9.63 Å². The topological polar surface area (TPSA) is 58.6 Å². The molecule has 1 aliphatic heterocycles. The number of hydrogen-bond donors (Lipinski definition) is 2. The van der Waals surface area contributed by atoms with Gasteiger partial charge < -0.3 is 5.11 Å². The molecule has 1 saturated heterocycles. The fraction of sp³-hybridized carbons (Fsp3) is 0.267. The van der Waals surface area contributed by atoms with Crippen LogP contribution in [0.1, 0.15) is 23.8 Å². The number of hydroxylamine groups is 1. The van der Waals surface area contributed by atoms with Crippen molar-refractivity contribution in [2.24, 2.45) is 0 Å². The number of hydrogen-bond acceptors (Lipinski definition) is 5. The fourth-order valence-corrected chi connectivity index (χ4v) is 3.37. The van der Waals surface area contributed by atoms with E-state index in [0.29, 0.717) is 6.42 Å². The molecule has 1 fully saturated rings. The molecule has 2 heterocycles. The molecule has 1 aromatic carbocycles. The third-order valence-corrected chi connectivity index (χ3v) is 4.62. The minimum atomic E-state index is -0.668. The van der Waals surface area contributed by atoms with Crippen LogP contribution in [0.2, 0.25) is 0 Å². The molecule has 2 N–H and O–H groups in total. The molecule has 2 unspecified atom stereocenters. The SMILES string of the molecule is CC(=O)C1CC(c2ccc(O)cc2)(c2cccs2)ON1. The number of phenols is 1. The number of thiophene rings is 1. The Labute approximate surface area is 121 Å². The summed E-state index contributed by atoms with van der Waals surface area (Å²) in [5.41, 5.74) is 3.10. The molecule has 3 rings (SSSR count). The number of phenolic OH excluding ortho intramolecular Hbond substituents is 1. The van der Waals surface area contributed by atoms with Gasteiger partial charge in [-0.05, 0) is 36.1 Å². The second-order valence-corrected chi connectivity index (χ2v) is 5.89. The summed E-state index contributed by atoms with van der Waals surface area (Å²) in [5, 5.41) is 11.4. The van der Waals surface area contributed by atoms with Gasteiger partial charge in [0, 0.05) is 11.3 Å². The van der Waals surface area contributed by atoms with Gasteiger partial charge >= 0.3 is 0 Å². The number of carbonyl (C=O) groups is 1. The van der Waals surface area contributed by atoms with Crippen LogP contribution in [-0.4, -0.2) is 16.9 Å². The van der Waals surface area contributed by atoms with Crippen LogP contribution in [0.4, 0.5) is 0 Å². The van der Waals surface area contributed by atoms with Gasteiger partial charge in [-0.25, -0.2) is 0 Å². The molecule has 0 amide bonds. The standard InChI is InChI=1S/C15H15NO3S/c1-10(17)13-9-15(19-16-13,14-3-2-8-20-14)11-4-6-12(18)7-5-11/h2-8,13,16,18H,9H2,1H3. The van der Waals surface area contributed by atoms with Crippen molar-refractivity contribution in [3.8, 4) is 5.75 Å². The van der Waals surface area contributed by atoms with E-state index in [1.54, 1.807) is 30.4 Å². The summed E-state index contributed by atoms with van der Waals surface area (Å²) in [6.45, 7) is 1.56. The highest BCUT2D eigenvalue weighted by Gasteiger charge is 2.46. The molecular weight excluding hydrogens is 274 g/mol. The van der Waals surface area contributed by atoms with Crippen LogP contribution in [0.25, 0.3) is 0 Å². The number of aromatic hydroxyl groups is 1. The second kappa shape index (κ2) is 5.01. The number of benzene rings is 1. The zero-order valence-corrected chi connectivity index (χ0v) is 11.8. The van der Waals surface area contributed by atoms with Gasteiger partial charge in [0.15, 0.2) is 5.60 Å². The molecule has 0 saturated carbocycles. The Balaban J connectivity index is 2.06. The van der Waals surface area contributed by atoms with Crippen LogP contribution < -0.4 is 5.48 Å². The van der Waals surface area contributed by atoms with Crippen LogP contribution in [0, 0.1) is 0 Å². The van der Waals surface area contributed by atoms with Crippen molar-refractivity contribution >= 4 is 17.1 Å². The summed E-state index contributed by atoms with van der Waals surface area (Å²) in [7, 11) is 0. The van der Waals surface area contributed by atoms with E-state index >= 15 is 0 Å². The van der Waals surface area contributed by atoms with Crippen LogP contribution >= 0.6 is 11.3 Å². The van der Waals surface area contributed by atoms with Crippen molar-refractivity contribution in [1.29, 1.82) is 0 Å². The summed E-state index contributed by atoms with van der Waals surface area (Å²) in [6, 6.07) is 10.6. The first-order valence-corrected chi connectivity index (χ1v) is 7.27. The lowest BCUT2D eigenvalue weighted by molar-refractivity contribution is -0.120. The van der Waals surface area contributed by atoms with E-state index in [1.807, 2.05) is 29.6 Å². The molecule has 104 valence electrons. The first-order valence-electron chi connectivity index (χ1n) is 6.39. The molecule has 5 heteroatoms. The first kappa shape index (κ1) is 13.3. The molecule has 20 heavy (non-hydrogen) atoms. The van der Waals surface area contributed by atoms with E-state index in [0.717, 1.165) is 10.4 Å². The highest BCUT2D eigenvalue weighted by atomic mass is 32.1. The van der Waals surface area contributed by atoms with Crippen molar-refractivity contribution < 1.29 is 14.7 Å². The van der Waals surface area contributed by atoms with Gasteiger partial charge in [-0.15, -0.1) is 11.3 Å². The van der Waals surface area contributed by atoms with Crippen molar-refractivity contribution in [2.75, 3.05) is 0 Å². The summed E-state index contributed by atoms with van der Waals surface area (Å²) < 4.78 is 0. The largest absolute Gasteiger partial charge is 0.508 e. The molecule has 1 aromatic heterocycles. The third kappa shape index (κ3) is 2.14. The fourth-order valence-electron chi connectivity index (χ4n) is 2.48. The monoisotopic (exact) mass is 289 g/mol. The highest BCUT2D eigenvalue weighted by molar-refractivity contribution is 7.10. The first-order chi connectivity index (χ1) is 9.62. The maximum atomic E-state index is 11.6. The van der Waals surface area contributed by atoms with Crippen molar-refractivity contribution in [3.05, 3.63) is 52.2 Å².